The Kier molecular flexibility index (Phi) is 6.30. The molecule has 1 unspecified atom stereocenters. The van der Waals surface area contributed by atoms with Gasteiger partial charge in [0.1, 0.15) is 0 Å². The van der Waals surface area contributed by atoms with Crippen molar-refractivity contribution in [2.75, 3.05) is 19.8 Å². The van der Waals surface area contributed by atoms with E-state index in [1.165, 1.54) is 5.56 Å². The summed E-state index contributed by atoms with van der Waals surface area (Å²) in [7, 11) is 0. The van der Waals surface area contributed by atoms with Crippen LogP contribution in [0.3, 0.4) is 0 Å². The molecule has 0 bridgehead atoms. The zero-order chi connectivity index (χ0) is 12.7. The quantitative estimate of drug-likeness (QED) is 0.705. The summed E-state index contributed by atoms with van der Waals surface area (Å²) < 4.78 is 7.78. The fourth-order valence-corrected chi connectivity index (χ4v) is 1.77. The van der Waals surface area contributed by atoms with E-state index in [9.17, 15) is 0 Å². The van der Waals surface area contributed by atoms with E-state index in [1.807, 2.05) is 0 Å². The van der Waals surface area contributed by atoms with Crippen LogP contribution in [0.2, 0.25) is 0 Å². The van der Waals surface area contributed by atoms with Crippen LogP contribution < -0.4 is 5.32 Å². The molecule has 1 aromatic rings. The van der Waals surface area contributed by atoms with Crippen LogP contribution in [-0.2, 0) is 11.3 Å². The van der Waals surface area contributed by atoms with Crippen molar-refractivity contribution in [2.45, 2.75) is 40.3 Å². The second kappa shape index (κ2) is 7.51. The largest absolute Gasteiger partial charge is 0.379 e. The highest BCUT2D eigenvalue weighted by molar-refractivity contribution is 5.14. The third-order valence-corrected chi connectivity index (χ3v) is 2.73. The fraction of sp³-hybridized carbons (Fsp3) is 0.714. The lowest BCUT2D eigenvalue weighted by Gasteiger charge is -2.10. The van der Waals surface area contributed by atoms with Gasteiger partial charge in [-0.05, 0) is 31.0 Å². The first-order valence-electron chi connectivity index (χ1n) is 6.60. The lowest BCUT2D eigenvalue weighted by Crippen LogP contribution is -2.17. The first kappa shape index (κ1) is 14.3. The van der Waals surface area contributed by atoms with E-state index in [-0.39, 0.29) is 0 Å². The normalized spacial score (nSPS) is 13.2. The first-order valence-corrected chi connectivity index (χ1v) is 6.60. The second-order valence-corrected chi connectivity index (χ2v) is 4.93. The predicted octanol–water partition coefficient (Wildman–Crippen LogP) is 2.83. The van der Waals surface area contributed by atoms with Gasteiger partial charge in [0.2, 0.25) is 0 Å². The van der Waals surface area contributed by atoms with Crippen LogP contribution >= 0.6 is 0 Å². The van der Waals surface area contributed by atoms with Crippen molar-refractivity contribution in [2.24, 2.45) is 5.92 Å². The maximum Gasteiger partial charge on any atom is 0.0645 e. The Morgan fingerprint density at radius 2 is 2.12 bits per heavy atom. The molecule has 1 atom stereocenters. The molecule has 17 heavy (non-hydrogen) atoms. The van der Waals surface area contributed by atoms with E-state index in [2.05, 4.69) is 56.0 Å². The van der Waals surface area contributed by atoms with Gasteiger partial charge in [0.05, 0.1) is 6.61 Å². The molecule has 0 saturated carbocycles. The van der Waals surface area contributed by atoms with Crippen molar-refractivity contribution in [3.05, 3.63) is 24.0 Å². The molecular formula is C14H26N2O. The van der Waals surface area contributed by atoms with E-state index in [1.54, 1.807) is 0 Å². The molecule has 0 radical (unpaired) electrons. The average molecular weight is 238 g/mol. The number of nitrogens with one attached hydrogen (secondary N) is 1. The SMILES string of the molecule is CCNC(C)c1ccn(CCOCC(C)C)c1. The molecule has 0 spiro atoms. The van der Waals surface area contributed by atoms with Crippen molar-refractivity contribution in [1.82, 2.24) is 9.88 Å². The van der Waals surface area contributed by atoms with Crippen molar-refractivity contribution >= 4 is 0 Å². The van der Waals surface area contributed by atoms with Gasteiger partial charge in [0.15, 0.2) is 0 Å². The Hall–Kier alpha value is -0.800. The molecule has 0 saturated heterocycles. The molecule has 1 heterocycles. The minimum atomic E-state index is 0.429. The number of rotatable bonds is 8. The molecular weight excluding hydrogens is 212 g/mol. The summed E-state index contributed by atoms with van der Waals surface area (Å²) in [5, 5.41) is 3.41. The Labute approximate surface area is 105 Å². The summed E-state index contributed by atoms with van der Waals surface area (Å²) in [5.74, 6) is 0.615. The van der Waals surface area contributed by atoms with Gasteiger partial charge in [-0.15, -0.1) is 0 Å². The van der Waals surface area contributed by atoms with Crippen LogP contribution in [0.15, 0.2) is 18.5 Å². The van der Waals surface area contributed by atoms with E-state index >= 15 is 0 Å². The van der Waals surface area contributed by atoms with Gasteiger partial charge in [-0.25, -0.2) is 0 Å². The van der Waals surface area contributed by atoms with Crippen LogP contribution in [0, 0.1) is 5.92 Å². The van der Waals surface area contributed by atoms with Gasteiger partial charge in [0, 0.05) is 31.6 Å². The smallest absolute Gasteiger partial charge is 0.0645 e. The molecule has 0 aliphatic carbocycles. The molecule has 3 heteroatoms. The molecule has 1 N–H and O–H groups in total. The minimum Gasteiger partial charge on any atom is -0.379 e. The van der Waals surface area contributed by atoms with E-state index in [4.69, 9.17) is 4.74 Å². The lowest BCUT2D eigenvalue weighted by atomic mass is 10.2. The third-order valence-electron chi connectivity index (χ3n) is 2.73. The third kappa shape index (κ3) is 5.37. The summed E-state index contributed by atoms with van der Waals surface area (Å²) in [6.45, 7) is 12.3. The van der Waals surface area contributed by atoms with Gasteiger partial charge in [-0.1, -0.05) is 20.8 Å². The van der Waals surface area contributed by atoms with Gasteiger partial charge < -0.3 is 14.6 Å². The number of ether oxygens (including phenoxy) is 1. The monoisotopic (exact) mass is 238 g/mol. The summed E-state index contributed by atoms with van der Waals surface area (Å²) in [5.41, 5.74) is 1.34. The molecule has 1 rings (SSSR count). The molecule has 0 aliphatic heterocycles. The van der Waals surface area contributed by atoms with E-state index in [0.717, 1.165) is 26.3 Å². The van der Waals surface area contributed by atoms with Gasteiger partial charge in [-0.3, -0.25) is 0 Å². The summed E-state index contributed by atoms with van der Waals surface area (Å²) in [6.07, 6.45) is 4.33. The van der Waals surface area contributed by atoms with Crippen molar-refractivity contribution in [1.29, 1.82) is 0 Å². The maximum atomic E-state index is 5.58. The van der Waals surface area contributed by atoms with Gasteiger partial charge in [0.25, 0.3) is 0 Å². The Balaban J connectivity index is 2.30. The molecule has 0 aromatic carbocycles. The number of aromatic nitrogens is 1. The number of nitrogens with zero attached hydrogens (tertiary/aromatic N) is 1. The molecule has 0 fully saturated rings. The molecule has 98 valence electrons. The fourth-order valence-electron chi connectivity index (χ4n) is 1.77. The zero-order valence-corrected chi connectivity index (χ0v) is 11.6. The Bertz CT molecular complexity index is 307. The number of hydrogen-bond donors (Lipinski definition) is 1. The maximum absolute atomic E-state index is 5.58. The van der Waals surface area contributed by atoms with Gasteiger partial charge in [-0.2, -0.15) is 0 Å². The molecule has 0 amide bonds. The second-order valence-electron chi connectivity index (χ2n) is 4.93. The van der Waals surface area contributed by atoms with Crippen LogP contribution in [0.25, 0.3) is 0 Å². The zero-order valence-electron chi connectivity index (χ0n) is 11.6. The standard InChI is InChI=1S/C14H26N2O/c1-5-15-13(4)14-6-7-16(10-14)8-9-17-11-12(2)3/h6-7,10,12-13,15H,5,8-9,11H2,1-4H3. The van der Waals surface area contributed by atoms with E-state index in [0.29, 0.717) is 12.0 Å². The molecule has 3 nitrogen and oxygen atoms in total. The van der Waals surface area contributed by atoms with Crippen LogP contribution in [0.1, 0.15) is 39.3 Å². The van der Waals surface area contributed by atoms with Crippen LogP contribution in [0.5, 0.6) is 0 Å². The number of hydrogen-bond acceptors (Lipinski definition) is 2. The summed E-state index contributed by atoms with van der Waals surface area (Å²) >= 11 is 0. The van der Waals surface area contributed by atoms with Crippen LogP contribution in [-0.4, -0.2) is 24.3 Å². The predicted molar refractivity (Wildman–Crippen MR) is 72.2 cm³/mol. The van der Waals surface area contributed by atoms with E-state index < -0.39 is 0 Å². The topological polar surface area (TPSA) is 26.2 Å². The van der Waals surface area contributed by atoms with Crippen molar-refractivity contribution in [3.8, 4) is 0 Å². The highest BCUT2D eigenvalue weighted by Crippen LogP contribution is 2.12. The lowest BCUT2D eigenvalue weighted by molar-refractivity contribution is 0.103. The Morgan fingerprint density at radius 1 is 1.35 bits per heavy atom. The minimum absolute atomic E-state index is 0.429. The summed E-state index contributed by atoms with van der Waals surface area (Å²) in [4.78, 5) is 0. The molecule has 1 aromatic heterocycles. The average Bonchev–Trinajstić information content (AvgIpc) is 2.73. The van der Waals surface area contributed by atoms with Crippen molar-refractivity contribution in [3.63, 3.8) is 0 Å². The van der Waals surface area contributed by atoms with Crippen molar-refractivity contribution < 1.29 is 4.74 Å². The first-order chi connectivity index (χ1) is 8.13. The summed E-state index contributed by atoms with van der Waals surface area (Å²) in [6, 6.07) is 2.60. The van der Waals surface area contributed by atoms with Crippen LogP contribution in [0.4, 0.5) is 0 Å². The highest BCUT2D eigenvalue weighted by Gasteiger charge is 2.05. The highest BCUT2D eigenvalue weighted by atomic mass is 16.5. The molecule has 0 aliphatic rings. The Morgan fingerprint density at radius 3 is 2.76 bits per heavy atom. The van der Waals surface area contributed by atoms with Gasteiger partial charge >= 0.3 is 0 Å².